The molecule has 2 rings (SSSR count). The summed E-state index contributed by atoms with van der Waals surface area (Å²) in [6, 6.07) is 6.11. The maximum atomic E-state index is 6.36. The Morgan fingerprint density at radius 3 is 2.69 bits per heavy atom. The minimum Gasteiger partial charge on any atom is -0.123 e. The largest absolute Gasteiger partial charge is 0.123 e. The van der Waals surface area contributed by atoms with E-state index < -0.39 is 0 Å². The molecule has 1 aromatic carbocycles. The number of rotatable bonds is 2. The summed E-state index contributed by atoms with van der Waals surface area (Å²) >= 11 is 16.0. The molecule has 0 saturated heterocycles. The van der Waals surface area contributed by atoms with E-state index in [1.165, 1.54) is 24.8 Å². The first kappa shape index (κ1) is 12.7. The molecule has 1 aliphatic rings. The van der Waals surface area contributed by atoms with Gasteiger partial charge in [-0.25, -0.2) is 0 Å². The van der Waals surface area contributed by atoms with Gasteiger partial charge in [0.1, 0.15) is 0 Å². The van der Waals surface area contributed by atoms with E-state index in [1.54, 1.807) is 0 Å². The Morgan fingerprint density at radius 2 is 2.00 bits per heavy atom. The SMILES string of the molecule is Clc1cc(Br)ccc1CC1CCCCC1Cl. The van der Waals surface area contributed by atoms with Crippen LogP contribution < -0.4 is 0 Å². The van der Waals surface area contributed by atoms with Crippen molar-refractivity contribution in [3.05, 3.63) is 33.3 Å². The summed E-state index contributed by atoms with van der Waals surface area (Å²) in [5.74, 6) is 0.592. The molecule has 3 heteroatoms. The van der Waals surface area contributed by atoms with E-state index >= 15 is 0 Å². The van der Waals surface area contributed by atoms with Crippen LogP contribution in [0.25, 0.3) is 0 Å². The van der Waals surface area contributed by atoms with Crippen molar-refractivity contribution in [2.24, 2.45) is 5.92 Å². The Labute approximate surface area is 115 Å². The lowest BCUT2D eigenvalue weighted by Crippen LogP contribution is -2.21. The lowest BCUT2D eigenvalue weighted by molar-refractivity contribution is 0.364. The molecule has 1 aliphatic carbocycles. The lowest BCUT2D eigenvalue weighted by Gasteiger charge is -2.27. The van der Waals surface area contributed by atoms with Gasteiger partial charge in [-0.1, -0.05) is 46.4 Å². The topological polar surface area (TPSA) is 0 Å². The normalized spacial score (nSPS) is 25.7. The molecule has 0 spiro atoms. The van der Waals surface area contributed by atoms with Crippen LogP contribution in [0.5, 0.6) is 0 Å². The molecule has 16 heavy (non-hydrogen) atoms. The first-order valence-corrected chi connectivity index (χ1v) is 7.35. The van der Waals surface area contributed by atoms with E-state index in [9.17, 15) is 0 Å². The van der Waals surface area contributed by atoms with Crippen molar-refractivity contribution in [2.45, 2.75) is 37.5 Å². The van der Waals surface area contributed by atoms with E-state index in [0.717, 1.165) is 22.3 Å². The molecule has 1 aromatic rings. The van der Waals surface area contributed by atoms with Crippen LogP contribution in [-0.4, -0.2) is 5.38 Å². The van der Waals surface area contributed by atoms with Gasteiger partial charge in [-0.3, -0.25) is 0 Å². The predicted octanol–water partition coefficient (Wildman–Crippen LogP) is 5.44. The molecule has 0 aromatic heterocycles. The molecule has 0 bridgehead atoms. The number of hydrogen-bond donors (Lipinski definition) is 0. The molecule has 0 radical (unpaired) electrons. The molecule has 0 amide bonds. The van der Waals surface area contributed by atoms with Crippen molar-refractivity contribution in [1.29, 1.82) is 0 Å². The number of hydrogen-bond acceptors (Lipinski definition) is 0. The zero-order valence-corrected chi connectivity index (χ0v) is 12.2. The second-order valence-corrected chi connectivity index (χ2v) is 6.38. The highest BCUT2D eigenvalue weighted by molar-refractivity contribution is 9.10. The van der Waals surface area contributed by atoms with Crippen molar-refractivity contribution in [3.63, 3.8) is 0 Å². The summed E-state index contributed by atoms with van der Waals surface area (Å²) in [7, 11) is 0. The molecule has 0 nitrogen and oxygen atoms in total. The third-order valence-corrected chi connectivity index (χ3v) is 4.73. The molecule has 2 atom stereocenters. The first-order valence-electron chi connectivity index (χ1n) is 5.75. The highest BCUT2D eigenvalue weighted by Crippen LogP contribution is 2.33. The highest BCUT2D eigenvalue weighted by atomic mass is 79.9. The van der Waals surface area contributed by atoms with Crippen LogP contribution in [0, 0.1) is 5.92 Å². The van der Waals surface area contributed by atoms with Crippen molar-refractivity contribution in [2.75, 3.05) is 0 Å². The highest BCUT2D eigenvalue weighted by Gasteiger charge is 2.23. The fourth-order valence-corrected chi connectivity index (χ4v) is 3.48. The van der Waals surface area contributed by atoms with Crippen molar-refractivity contribution < 1.29 is 0 Å². The van der Waals surface area contributed by atoms with Crippen LogP contribution in [0.2, 0.25) is 5.02 Å². The van der Waals surface area contributed by atoms with E-state index in [0.29, 0.717) is 11.3 Å². The minimum absolute atomic E-state index is 0.327. The van der Waals surface area contributed by atoms with E-state index in [2.05, 4.69) is 22.0 Å². The molecule has 0 N–H and O–H groups in total. The Morgan fingerprint density at radius 1 is 1.25 bits per heavy atom. The Kier molecular flexibility index (Phi) is 4.57. The van der Waals surface area contributed by atoms with E-state index in [-0.39, 0.29) is 0 Å². The van der Waals surface area contributed by atoms with Crippen molar-refractivity contribution in [3.8, 4) is 0 Å². The summed E-state index contributed by atoms with van der Waals surface area (Å²) in [6.45, 7) is 0. The van der Waals surface area contributed by atoms with Gasteiger partial charge in [0.15, 0.2) is 0 Å². The molecule has 88 valence electrons. The number of alkyl halides is 1. The first-order chi connectivity index (χ1) is 7.66. The minimum atomic E-state index is 0.327. The van der Waals surface area contributed by atoms with Crippen LogP contribution in [0.3, 0.4) is 0 Å². The Balaban J connectivity index is 2.07. The molecule has 2 unspecified atom stereocenters. The summed E-state index contributed by atoms with van der Waals surface area (Å²) < 4.78 is 1.03. The van der Waals surface area contributed by atoms with Gasteiger partial charge < -0.3 is 0 Å². The fourth-order valence-electron chi connectivity index (χ4n) is 2.36. The van der Waals surface area contributed by atoms with Gasteiger partial charge in [-0.05, 0) is 42.9 Å². The average Bonchev–Trinajstić information content (AvgIpc) is 2.25. The molecular weight excluding hydrogens is 307 g/mol. The van der Waals surface area contributed by atoms with Gasteiger partial charge >= 0.3 is 0 Å². The van der Waals surface area contributed by atoms with Gasteiger partial charge in [-0.2, -0.15) is 0 Å². The summed E-state index contributed by atoms with van der Waals surface area (Å²) in [5.41, 5.74) is 1.22. The van der Waals surface area contributed by atoms with Crippen LogP contribution in [0.4, 0.5) is 0 Å². The zero-order chi connectivity index (χ0) is 11.5. The van der Waals surface area contributed by atoms with Gasteiger partial charge in [-0.15, -0.1) is 11.6 Å². The van der Waals surface area contributed by atoms with E-state index in [1.807, 2.05) is 12.1 Å². The smallest absolute Gasteiger partial charge is 0.0449 e. The lowest BCUT2D eigenvalue weighted by atomic mass is 9.84. The number of halogens is 3. The average molecular weight is 322 g/mol. The third-order valence-electron chi connectivity index (χ3n) is 3.31. The standard InChI is InChI=1S/C13H15BrCl2/c14-11-6-5-10(13(16)8-11)7-9-3-1-2-4-12(9)15/h5-6,8-9,12H,1-4,7H2. The van der Waals surface area contributed by atoms with Crippen LogP contribution in [-0.2, 0) is 6.42 Å². The van der Waals surface area contributed by atoms with Gasteiger partial charge in [0.2, 0.25) is 0 Å². The summed E-state index contributed by atoms with van der Waals surface area (Å²) in [5, 5.41) is 1.18. The maximum Gasteiger partial charge on any atom is 0.0449 e. The van der Waals surface area contributed by atoms with Gasteiger partial charge in [0.25, 0.3) is 0 Å². The van der Waals surface area contributed by atoms with Crippen molar-refractivity contribution in [1.82, 2.24) is 0 Å². The van der Waals surface area contributed by atoms with Gasteiger partial charge in [0.05, 0.1) is 0 Å². The molecule has 1 saturated carbocycles. The zero-order valence-electron chi connectivity index (χ0n) is 9.06. The van der Waals surface area contributed by atoms with E-state index in [4.69, 9.17) is 23.2 Å². The number of benzene rings is 1. The monoisotopic (exact) mass is 320 g/mol. The predicted molar refractivity (Wildman–Crippen MR) is 74.5 cm³/mol. The second kappa shape index (κ2) is 5.75. The van der Waals surface area contributed by atoms with Crippen molar-refractivity contribution >= 4 is 39.1 Å². The Hall–Kier alpha value is 0.280. The molecule has 0 aliphatic heterocycles. The fraction of sp³-hybridized carbons (Fsp3) is 0.538. The van der Waals surface area contributed by atoms with Gasteiger partial charge in [0, 0.05) is 14.9 Å². The Bertz CT molecular complexity index is 365. The van der Waals surface area contributed by atoms with Crippen LogP contribution >= 0.6 is 39.1 Å². The maximum absolute atomic E-state index is 6.36. The van der Waals surface area contributed by atoms with Crippen LogP contribution in [0.15, 0.2) is 22.7 Å². The van der Waals surface area contributed by atoms with Crippen LogP contribution in [0.1, 0.15) is 31.2 Å². The quantitative estimate of drug-likeness (QED) is 0.636. The summed E-state index contributed by atoms with van der Waals surface area (Å²) in [6.07, 6.45) is 5.99. The third kappa shape index (κ3) is 3.15. The molecular formula is C13H15BrCl2. The molecule has 0 heterocycles. The second-order valence-electron chi connectivity index (χ2n) is 4.50. The summed E-state index contributed by atoms with van der Waals surface area (Å²) in [4.78, 5) is 0. The molecule has 1 fully saturated rings.